The standard InChI is InChI=1S/C17H14ClN5O3S/c1-22-16(11-6-8-12(18)9-7-11)20-21-17(22)27-10-15(24)19-13-4-2-3-5-14(13)23(25)26/h2-9H,10H2,1H3,(H,19,24). The summed E-state index contributed by atoms with van der Waals surface area (Å²) in [5.41, 5.74) is 0.859. The Morgan fingerprint density at radius 1 is 1.22 bits per heavy atom. The van der Waals surface area contributed by atoms with Gasteiger partial charge in [-0.15, -0.1) is 10.2 Å². The predicted octanol–water partition coefficient (Wildman–Crippen LogP) is 3.77. The van der Waals surface area contributed by atoms with Crippen LogP contribution in [0.2, 0.25) is 5.02 Å². The van der Waals surface area contributed by atoms with E-state index in [-0.39, 0.29) is 23.0 Å². The third kappa shape index (κ3) is 4.44. The molecule has 0 aliphatic heterocycles. The normalized spacial score (nSPS) is 10.6. The van der Waals surface area contributed by atoms with E-state index in [2.05, 4.69) is 15.5 Å². The largest absolute Gasteiger partial charge is 0.320 e. The molecule has 0 aliphatic carbocycles. The molecule has 0 atom stereocenters. The molecule has 0 radical (unpaired) electrons. The highest BCUT2D eigenvalue weighted by atomic mass is 35.5. The molecule has 10 heteroatoms. The van der Waals surface area contributed by atoms with E-state index in [4.69, 9.17) is 11.6 Å². The second-order valence-corrected chi connectivity index (χ2v) is 6.86. The summed E-state index contributed by atoms with van der Waals surface area (Å²) in [5.74, 6) is 0.317. The van der Waals surface area contributed by atoms with Gasteiger partial charge in [-0.3, -0.25) is 14.9 Å². The zero-order valence-corrected chi connectivity index (χ0v) is 15.7. The van der Waals surface area contributed by atoms with Crippen molar-refractivity contribution < 1.29 is 9.72 Å². The first-order valence-corrected chi connectivity index (χ1v) is 9.13. The molecule has 3 aromatic rings. The molecule has 0 unspecified atom stereocenters. The first-order valence-electron chi connectivity index (χ1n) is 7.77. The van der Waals surface area contributed by atoms with Crippen molar-refractivity contribution in [2.75, 3.05) is 11.1 Å². The molecule has 0 saturated heterocycles. The lowest BCUT2D eigenvalue weighted by molar-refractivity contribution is -0.383. The van der Waals surface area contributed by atoms with Gasteiger partial charge < -0.3 is 9.88 Å². The number of anilines is 1. The first kappa shape index (κ1) is 18.9. The van der Waals surface area contributed by atoms with E-state index in [1.165, 1.54) is 23.9 Å². The average Bonchev–Trinajstić information content (AvgIpc) is 3.01. The number of nitro groups is 1. The molecule has 0 fully saturated rings. The van der Waals surface area contributed by atoms with Crippen LogP contribution in [0.5, 0.6) is 0 Å². The number of amides is 1. The topological polar surface area (TPSA) is 103 Å². The quantitative estimate of drug-likeness (QED) is 0.381. The summed E-state index contributed by atoms with van der Waals surface area (Å²) < 4.78 is 1.77. The molecule has 1 heterocycles. The molecule has 1 amide bonds. The number of hydrogen-bond acceptors (Lipinski definition) is 6. The molecule has 27 heavy (non-hydrogen) atoms. The summed E-state index contributed by atoms with van der Waals surface area (Å²) in [4.78, 5) is 22.6. The summed E-state index contributed by atoms with van der Waals surface area (Å²) in [5, 5.41) is 23.0. The molecule has 0 aliphatic rings. The Labute approximate surface area is 163 Å². The molecular formula is C17H14ClN5O3S. The number of nitro benzene ring substituents is 1. The van der Waals surface area contributed by atoms with Crippen LogP contribution in [-0.4, -0.2) is 31.3 Å². The van der Waals surface area contributed by atoms with Crippen LogP contribution in [0.15, 0.2) is 53.7 Å². The molecule has 3 rings (SSSR count). The van der Waals surface area contributed by atoms with Gasteiger partial charge in [-0.1, -0.05) is 35.5 Å². The van der Waals surface area contributed by atoms with Gasteiger partial charge in [-0.2, -0.15) is 0 Å². The van der Waals surface area contributed by atoms with Gasteiger partial charge in [0.15, 0.2) is 11.0 Å². The van der Waals surface area contributed by atoms with Crippen molar-refractivity contribution in [1.82, 2.24) is 14.8 Å². The molecule has 0 saturated carbocycles. The smallest absolute Gasteiger partial charge is 0.292 e. The van der Waals surface area contributed by atoms with Crippen LogP contribution >= 0.6 is 23.4 Å². The van der Waals surface area contributed by atoms with Crippen LogP contribution in [0.1, 0.15) is 0 Å². The lowest BCUT2D eigenvalue weighted by Crippen LogP contribution is -2.15. The minimum absolute atomic E-state index is 0.0403. The Morgan fingerprint density at radius 3 is 2.63 bits per heavy atom. The fraction of sp³-hybridized carbons (Fsp3) is 0.118. The van der Waals surface area contributed by atoms with Crippen LogP contribution in [0.4, 0.5) is 11.4 Å². The number of hydrogen-bond donors (Lipinski definition) is 1. The Kier molecular flexibility index (Phi) is 5.72. The minimum atomic E-state index is -0.538. The highest BCUT2D eigenvalue weighted by molar-refractivity contribution is 7.99. The fourth-order valence-corrected chi connectivity index (χ4v) is 3.18. The SMILES string of the molecule is Cn1c(SCC(=O)Nc2ccccc2[N+](=O)[O-])nnc1-c1ccc(Cl)cc1. The zero-order chi connectivity index (χ0) is 19.4. The molecule has 0 spiro atoms. The first-order chi connectivity index (χ1) is 13.0. The Hall–Kier alpha value is -2.91. The van der Waals surface area contributed by atoms with Crippen molar-refractivity contribution in [2.24, 2.45) is 7.05 Å². The number of carbonyl (C=O) groups excluding carboxylic acids is 1. The lowest BCUT2D eigenvalue weighted by atomic mass is 10.2. The van der Waals surface area contributed by atoms with Gasteiger partial charge in [0, 0.05) is 23.7 Å². The molecular weight excluding hydrogens is 390 g/mol. The van der Waals surface area contributed by atoms with E-state index in [0.29, 0.717) is 16.0 Å². The second kappa shape index (κ2) is 8.19. The highest BCUT2D eigenvalue weighted by Crippen LogP contribution is 2.26. The monoisotopic (exact) mass is 403 g/mol. The summed E-state index contributed by atoms with van der Waals surface area (Å²) in [6.45, 7) is 0. The second-order valence-electron chi connectivity index (χ2n) is 5.48. The molecule has 1 N–H and O–H groups in total. The van der Waals surface area contributed by atoms with E-state index in [1.54, 1.807) is 35.9 Å². The molecule has 8 nitrogen and oxygen atoms in total. The van der Waals surface area contributed by atoms with Crippen molar-refractivity contribution in [1.29, 1.82) is 0 Å². The van der Waals surface area contributed by atoms with Gasteiger partial charge >= 0.3 is 0 Å². The number of rotatable bonds is 6. The maximum atomic E-state index is 12.2. The molecule has 1 aromatic heterocycles. The Bertz CT molecular complexity index is 990. The van der Waals surface area contributed by atoms with Crippen LogP contribution in [0.25, 0.3) is 11.4 Å². The van der Waals surface area contributed by atoms with Crippen molar-refractivity contribution in [2.45, 2.75) is 5.16 Å². The molecule has 2 aromatic carbocycles. The van der Waals surface area contributed by atoms with Crippen LogP contribution in [0, 0.1) is 10.1 Å². The number of para-hydroxylation sites is 2. The van der Waals surface area contributed by atoms with Gasteiger partial charge in [0.1, 0.15) is 5.69 Å². The predicted molar refractivity (Wildman–Crippen MR) is 104 cm³/mol. The average molecular weight is 404 g/mol. The number of nitrogens with one attached hydrogen (secondary N) is 1. The van der Waals surface area contributed by atoms with Gasteiger partial charge in [0.05, 0.1) is 10.7 Å². The molecule has 0 bridgehead atoms. The van der Waals surface area contributed by atoms with E-state index in [9.17, 15) is 14.9 Å². The van der Waals surface area contributed by atoms with Crippen molar-refractivity contribution >= 4 is 40.6 Å². The van der Waals surface area contributed by atoms with E-state index < -0.39 is 4.92 Å². The number of halogens is 1. The number of nitrogens with zero attached hydrogens (tertiary/aromatic N) is 4. The maximum absolute atomic E-state index is 12.2. The number of carbonyl (C=O) groups is 1. The highest BCUT2D eigenvalue weighted by Gasteiger charge is 2.16. The van der Waals surface area contributed by atoms with Gasteiger partial charge in [0.25, 0.3) is 5.69 Å². The van der Waals surface area contributed by atoms with E-state index in [0.717, 1.165) is 5.56 Å². The third-order valence-electron chi connectivity index (χ3n) is 3.64. The van der Waals surface area contributed by atoms with Crippen LogP contribution in [0.3, 0.4) is 0 Å². The Morgan fingerprint density at radius 2 is 1.93 bits per heavy atom. The van der Waals surface area contributed by atoms with Crippen molar-refractivity contribution in [3.63, 3.8) is 0 Å². The van der Waals surface area contributed by atoms with Crippen molar-refractivity contribution in [3.05, 3.63) is 63.7 Å². The fourth-order valence-electron chi connectivity index (χ4n) is 2.35. The van der Waals surface area contributed by atoms with Crippen molar-refractivity contribution in [3.8, 4) is 11.4 Å². The van der Waals surface area contributed by atoms with Gasteiger partial charge in [0.2, 0.25) is 5.91 Å². The van der Waals surface area contributed by atoms with E-state index >= 15 is 0 Å². The van der Waals surface area contributed by atoms with Crippen LogP contribution in [-0.2, 0) is 11.8 Å². The van der Waals surface area contributed by atoms with Gasteiger partial charge in [-0.25, -0.2) is 0 Å². The zero-order valence-electron chi connectivity index (χ0n) is 14.1. The van der Waals surface area contributed by atoms with Gasteiger partial charge in [-0.05, 0) is 30.3 Å². The van der Waals surface area contributed by atoms with E-state index in [1.807, 2.05) is 12.1 Å². The summed E-state index contributed by atoms with van der Waals surface area (Å²) >= 11 is 7.08. The number of aromatic nitrogens is 3. The summed E-state index contributed by atoms with van der Waals surface area (Å²) in [7, 11) is 1.80. The summed E-state index contributed by atoms with van der Waals surface area (Å²) in [6.07, 6.45) is 0. The Balaban J connectivity index is 1.66. The number of thioether (sulfide) groups is 1. The third-order valence-corrected chi connectivity index (χ3v) is 4.92. The maximum Gasteiger partial charge on any atom is 0.292 e. The lowest BCUT2D eigenvalue weighted by Gasteiger charge is -2.06. The van der Waals surface area contributed by atoms with Crippen LogP contribution < -0.4 is 5.32 Å². The number of benzene rings is 2. The summed E-state index contributed by atoms with van der Waals surface area (Å²) in [6, 6.07) is 13.2. The molecule has 138 valence electrons. The minimum Gasteiger partial charge on any atom is -0.320 e.